The predicted molar refractivity (Wildman–Crippen MR) is 101 cm³/mol. The first-order valence-corrected chi connectivity index (χ1v) is 10.2. The molecule has 2 aromatic carbocycles. The Kier molecular flexibility index (Phi) is 5.01. The van der Waals surface area contributed by atoms with Crippen LogP contribution in [0.3, 0.4) is 0 Å². The summed E-state index contributed by atoms with van der Waals surface area (Å²) in [6.07, 6.45) is 0. The Morgan fingerprint density at radius 3 is 2.62 bits per heavy atom. The van der Waals surface area contributed by atoms with E-state index in [4.69, 9.17) is 5.11 Å². The summed E-state index contributed by atoms with van der Waals surface area (Å²) >= 11 is 3.30. The molecule has 1 atom stereocenters. The average Bonchev–Trinajstić information content (AvgIpc) is 2.54. The van der Waals surface area contributed by atoms with Crippen molar-refractivity contribution >= 4 is 49.0 Å². The molecule has 3 N–H and O–H groups in total. The Labute approximate surface area is 158 Å². The van der Waals surface area contributed by atoms with Crippen LogP contribution in [0.15, 0.2) is 46.9 Å². The number of sulfone groups is 1. The fraction of sp³-hybridized carbons (Fsp3) is 0.176. The number of hydrogen-bond acceptors (Lipinski definition) is 5. The van der Waals surface area contributed by atoms with E-state index < -0.39 is 27.8 Å². The molecular formula is C17H15BrN2O5S. The molecule has 136 valence electrons. The number of anilines is 2. The topological polar surface area (TPSA) is 113 Å². The lowest BCUT2D eigenvalue weighted by Crippen LogP contribution is -2.43. The molecule has 1 aliphatic rings. The molecule has 0 saturated carbocycles. The van der Waals surface area contributed by atoms with Crippen molar-refractivity contribution in [3.63, 3.8) is 0 Å². The van der Waals surface area contributed by atoms with Crippen LogP contribution in [-0.2, 0) is 20.4 Å². The molecule has 1 aliphatic heterocycles. The van der Waals surface area contributed by atoms with E-state index in [9.17, 15) is 18.0 Å². The summed E-state index contributed by atoms with van der Waals surface area (Å²) < 4.78 is 25.7. The quantitative estimate of drug-likeness (QED) is 0.660. The number of carbonyl (C=O) groups is 2. The molecule has 1 heterocycles. The van der Waals surface area contributed by atoms with Gasteiger partial charge in [-0.3, -0.25) is 4.79 Å². The van der Waals surface area contributed by atoms with Gasteiger partial charge < -0.3 is 15.7 Å². The lowest BCUT2D eigenvalue weighted by atomic mass is 10.1. The highest BCUT2D eigenvalue weighted by atomic mass is 79.9. The molecule has 0 bridgehead atoms. The van der Waals surface area contributed by atoms with E-state index in [-0.39, 0.29) is 17.1 Å². The summed E-state index contributed by atoms with van der Waals surface area (Å²) in [5.41, 5.74) is 1.46. The summed E-state index contributed by atoms with van der Waals surface area (Å²) in [6.45, 7) is 0. The highest BCUT2D eigenvalue weighted by Gasteiger charge is 2.30. The van der Waals surface area contributed by atoms with Crippen molar-refractivity contribution in [1.29, 1.82) is 0 Å². The lowest BCUT2D eigenvalue weighted by molar-refractivity contribution is -0.116. The van der Waals surface area contributed by atoms with Crippen LogP contribution in [-0.4, -0.2) is 37.2 Å². The minimum atomic E-state index is -3.55. The van der Waals surface area contributed by atoms with Crippen molar-refractivity contribution in [2.45, 2.75) is 11.8 Å². The third-order valence-corrected chi connectivity index (χ3v) is 5.97. The third kappa shape index (κ3) is 4.23. The normalized spacial score (nSPS) is 16.3. The summed E-state index contributed by atoms with van der Waals surface area (Å²) in [6, 6.07) is 10.2. The second kappa shape index (κ2) is 7.08. The smallest absolute Gasteiger partial charge is 0.335 e. The summed E-state index contributed by atoms with van der Waals surface area (Å²) in [5, 5.41) is 14.4. The summed E-state index contributed by atoms with van der Waals surface area (Å²) in [4.78, 5) is 23.2. The number of nitrogens with one attached hydrogen (secondary N) is 2. The number of amides is 1. The van der Waals surface area contributed by atoms with Gasteiger partial charge in [-0.25, -0.2) is 13.2 Å². The van der Waals surface area contributed by atoms with E-state index in [0.29, 0.717) is 16.9 Å². The molecular weight excluding hydrogens is 424 g/mol. The number of aromatic carboxylic acids is 1. The van der Waals surface area contributed by atoms with Crippen molar-refractivity contribution in [3.05, 3.63) is 58.1 Å². The van der Waals surface area contributed by atoms with Gasteiger partial charge in [0.05, 0.1) is 28.4 Å². The molecule has 0 fully saturated rings. The van der Waals surface area contributed by atoms with E-state index in [1.807, 2.05) is 0 Å². The Bertz CT molecular complexity index is 990. The zero-order valence-electron chi connectivity index (χ0n) is 13.4. The number of hydrogen-bond donors (Lipinski definition) is 3. The number of carbonyl (C=O) groups excluding carboxylic acids is 1. The van der Waals surface area contributed by atoms with Crippen molar-refractivity contribution in [2.24, 2.45) is 0 Å². The Morgan fingerprint density at radius 2 is 1.92 bits per heavy atom. The van der Waals surface area contributed by atoms with Gasteiger partial charge in [-0.05, 0) is 35.9 Å². The molecule has 0 saturated heterocycles. The fourth-order valence-corrected chi connectivity index (χ4v) is 4.69. The Balaban J connectivity index is 1.76. The highest BCUT2D eigenvalue weighted by molar-refractivity contribution is 9.10. The van der Waals surface area contributed by atoms with Gasteiger partial charge in [0.25, 0.3) is 0 Å². The minimum absolute atomic E-state index is 0.0339. The first kappa shape index (κ1) is 18.4. The second-order valence-electron chi connectivity index (χ2n) is 5.94. The molecule has 9 heteroatoms. The molecule has 2 aromatic rings. The van der Waals surface area contributed by atoms with Gasteiger partial charge in [0, 0.05) is 4.47 Å². The number of benzene rings is 2. The molecule has 0 aliphatic carbocycles. The highest BCUT2D eigenvalue weighted by Crippen LogP contribution is 2.28. The van der Waals surface area contributed by atoms with Gasteiger partial charge in [-0.2, -0.15) is 0 Å². The van der Waals surface area contributed by atoms with Crippen LogP contribution in [0.4, 0.5) is 11.4 Å². The van der Waals surface area contributed by atoms with Crippen molar-refractivity contribution in [3.8, 4) is 0 Å². The standard InChI is InChI=1S/C17H15BrN2O5S/c18-12-3-1-2-10(6-12)8-26(24,25)9-15-16(21)20-14-7-11(17(22)23)4-5-13(14)19-15/h1-7,15,19H,8-9H2,(H,20,21)(H,22,23). The van der Waals surface area contributed by atoms with E-state index in [2.05, 4.69) is 26.6 Å². The fourth-order valence-electron chi connectivity index (χ4n) is 2.69. The Morgan fingerprint density at radius 1 is 1.15 bits per heavy atom. The van der Waals surface area contributed by atoms with Crippen LogP contribution >= 0.6 is 15.9 Å². The molecule has 3 rings (SSSR count). The number of carboxylic acid groups (broad SMARTS) is 1. The predicted octanol–water partition coefficient (Wildman–Crippen LogP) is 2.49. The Hall–Kier alpha value is -2.39. The SMILES string of the molecule is O=C(O)c1ccc2c(c1)NC(=O)C(CS(=O)(=O)Cc1cccc(Br)c1)N2. The van der Waals surface area contributed by atoms with Gasteiger partial charge in [0.15, 0.2) is 9.84 Å². The van der Waals surface area contributed by atoms with Crippen molar-refractivity contribution in [2.75, 3.05) is 16.4 Å². The molecule has 0 spiro atoms. The maximum absolute atomic E-state index is 12.5. The summed E-state index contributed by atoms with van der Waals surface area (Å²) in [5.74, 6) is -2.17. The average molecular weight is 439 g/mol. The molecule has 1 unspecified atom stereocenters. The monoisotopic (exact) mass is 438 g/mol. The maximum Gasteiger partial charge on any atom is 0.335 e. The van der Waals surface area contributed by atoms with Gasteiger partial charge in [-0.1, -0.05) is 28.1 Å². The van der Waals surface area contributed by atoms with Crippen molar-refractivity contribution in [1.82, 2.24) is 0 Å². The molecule has 26 heavy (non-hydrogen) atoms. The molecule has 7 nitrogen and oxygen atoms in total. The van der Waals surface area contributed by atoms with E-state index in [0.717, 1.165) is 4.47 Å². The number of rotatable bonds is 5. The molecule has 0 radical (unpaired) electrons. The van der Waals surface area contributed by atoms with Gasteiger partial charge in [0.2, 0.25) is 5.91 Å². The minimum Gasteiger partial charge on any atom is -0.478 e. The third-order valence-electron chi connectivity index (χ3n) is 3.87. The van der Waals surface area contributed by atoms with E-state index in [1.165, 1.54) is 18.2 Å². The molecule has 1 amide bonds. The number of fused-ring (bicyclic) bond motifs is 1. The van der Waals surface area contributed by atoms with E-state index in [1.54, 1.807) is 24.3 Å². The van der Waals surface area contributed by atoms with Gasteiger partial charge in [0.1, 0.15) is 6.04 Å². The van der Waals surface area contributed by atoms with Crippen molar-refractivity contribution < 1.29 is 23.1 Å². The molecule has 0 aromatic heterocycles. The first-order valence-electron chi connectivity index (χ1n) is 7.63. The number of halogens is 1. The van der Waals surface area contributed by atoms with Crippen LogP contribution in [0.2, 0.25) is 0 Å². The van der Waals surface area contributed by atoms with Crippen LogP contribution in [0, 0.1) is 0 Å². The van der Waals surface area contributed by atoms with Crippen LogP contribution in [0.1, 0.15) is 15.9 Å². The summed E-state index contributed by atoms with van der Waals surface area (Å²) in [7, 11) is -3.55. The van der Waals surface area contributed by atoms with Crippen LogP contribution < -0.4 is 10.6 Å². The zero-order chi connectivity index (χ0) is 18.9. The van der Waals surface area contributed by atoms with Crippen LogP contribution in [0.5, 0.6) is 0 Å². The largest absolute Gasteiger partial charge is 0.478 e. The first-order chi connectivity index (χ1) is 12.2. The zero-order valence-corrected chi connectivity index (χ0v) is 15.8. The van der Waals surface area contributed by atoms with Gasteiger partial charge >= 0.3 is 5.97 Å². The lowest BCUT2D eigenvalue weighted by Gasteiger charge is -2.27. The van der Waals surface area contributed by atoms with Gasteiger partial charge in [-0.15, -0.1) is 0 Å². The van der Waals surface area contributed by atoms with E-state index >= 15 is 0 Å². The number of carboxylic acids is 1. The van der Waals surface area contributed by atoms with Crippen LogP contribution in [0.25, 0.3) is 0 Å². The maximum atomic E-state index is 12.5. The second-order valence-corrected chi connectivity index (χ2v) is 8.96.